The Hall–Kier alpha value is -0.260. The van der Waals surface area contributed by atoms with E-state index in [-0.39, 0.29) is 0 Å². The number of unbranched alkanes of at least 4 members (excludes halogenated alkanes) is 4. The van der Waals surface area contributed by atoms with Gasteiger partial charge in [-0.15, -0.1) is 0 Å². The number of rotatable bonds is 9. The Kier molecular flexibility index (Phi) is 9.13. The van der Waals surface area contributed by atoms with Crippen molar-refractivity contribution in [2.24, 2.45) is 5.92 Å². The lowest BCUT2D eigenvalue weighted by Crippen LogP contribution is -1.90. The predicted octanol–water partition coefficient (Wildman–Crippen LogP) is 5.34. The van der Waals surface area contributed by atoms with Crippen LogP contribution in [0, 0.1) is 5.92 Å². The fraction of sp³-hybridized carbons (Fsp3) is 0.857. The van der Waals surface area contributed by atoms with Gasteiger partial charge in [0, 0.05) is 0 Å². The summed E-state index contributed by atoms with van der Waals surface area (Å²) in [5.41, 5.74) is 1.47. The van der Waals surface area contributed by atoms with Crippen LogP contribution in [0.25, 0.3) is 0 Å². The van der Waals surface area contributed by atoms with E-state index < -0.39 is 0 Å². The van der Waals surface area contributed by atoms with E-state index in [9.17, 15) is 0 Å². The van der Waals surface area contributed by atoms with E-state index in [4.69, 9.17) is 0 Å². The SMILES string of the molecule is C=C(CCCCCCC)CCC(C)C. The van der Waals surface area contributed by atoms with Crippen LogP contribution in [0.2, 0.25) is 0 Å². The van der Waals surface area contributed by atoms with Crippen LogP contribution in [0.3, 0.4) is 0 Å². The molecule has 0 aliphatic carbocycles. The van der Waals surface area contributed by atoms with E-state index in [1.54, 1.807) is 0 Å². The molecule has 0 unspecified atom stereocenters. The third kappa shape index (κ3) is 9.83. The first-order chi connectivity index (χ1) is 6.66. The van der Waals surface area contributed by atoms with E-state index in [1.165, 1.54) is 56.9 Å². The quantitative estimate of drug-likeness (QED) is 0.345. The zero-order chi connectivity index (χ0) is 10.8. The first-order valence-electron chi connectivity index (χ1n) is 6.33. The molecule has 0 amide bonds. The van der Waals surface area contributed by atoms with Crippen molar-refractivity contribution in [3.63, 3.8) is 0 Å². The van der Waals surface area contributed by atoms with Crippen molar-refractivity contribution >= 4 is 0 Å². The van der Waals surface area contributed by atoms with Gasteiger partial charge in [-0.05, 0) is 31.6 Å². The molecule has 0 saturated carbocycles. The predicted molar refractivity (Wildman–Crippen MR) is 66.6 cm³/mol. The van der Waals surface area contributed by atoms with Crippen molar-refractivity contribution in [1.82, 2.24) is 0 Å². The van der Waals surface area contributed by atoms with Gasteiger partial charge < -0.3 is 0 Å². The van der Waals surface area contributed by atoms with Crippen molar-refractivity contribution in [2.75, 3.05) is 0 Å². The Morgan fingerprint density at radius 1 is 1.00 bits per heavy atom. The molecule has 0 atom stereocenters. The van der Waals surface area contributed by atoms with Crippen molar-refractivity contribution < 1.29 is 0 Å². The molecule has 0 aromatic heterocycles. The molecular weight excluding hydrogens is 168 g/mol. The van der Waals surface area contributed by atoms with E-state index >= 15 is 0 Å². The summed E-state index contributed by atoms with van der Waals surface area (Å²) >= 11 is 0. The normalized spacial score (nSPS) is 10.9. The molecular formula is C14H28. The molecule has 0 aromatic rings. The van der Waals surface area contributed by atoms with Gasteiger partial charge in [0.25, 0.3) is 0 Å². The average Bonchev–Trinajstić information content (AvgIpc) is 2.14. The summed E-state index contributed by atoms with van der Waals surface area (Å²) in [5.74, 6) is 0.826. The minimum atomic E-state index is 0.826. The molecule has 0 aliphatic rings. The highest BCUT2D eigenvalue weighted by atomic mass is 14.0. The third-order valence-electron chi connectivity index (χ3n) is 2.71. The van der Waals surface area contributed by atoms with Gasteiger partial charge in [0.1, 0.15) is 0 Å². The molecule has 0 rings (SSSR count). The van der Waals surface area contributed by atoms with Crippen LogP contribution in [0.4, 0.5) is 0 Å². The van der Waals surface area contributed by atoms with Gasteiger partial charge in [0.2, 0.25) is 0 Å². The first kappa shape index (κ1) is 13.7. The molecule has 0 aromatic carbocycles. The van der Waals surface area contributed by atoms with Gasteiger partial charge in [0.15, 0.2) is 0 Å². The highest BCUT2D eigenvalue weighted by molar-refractivity contribution is 4.93. The summed E-state index contributed by atoms with van der Waals surface area (Å²) in [4.78, 5) is 0. The Bertz CT molecular complexity index is 133. The molecule has 0 bridgehead atoms. The maximum Gasteiger partial charge on any atom is -0.0321 e. The Morgan fingerprint density at radius 2 is 1.64 bits per heavy atom. The maximum atomic E-state index is 4.14. The Balaban J connectivity index is 3.18. The molecule has 0 radical (unpaired) electrons. The van der Waals surface area contributed by atoms with Gasteiger partial charge >= 0.3 is 0 Å². The van der Waals surface area contributed by atoms with Crippen LogP contribution < -0.4 is 0 Å². The van der Waals surface area contributed by atoms with Crippen LogP contribution in [0.15, 0.2) is 12.2 Å². The van der Waals surface area contributed by atoms with E-state index in [0.29, 0.717) is 0 Å². The van der Waals surface area contributed by atoms with Crippen molar-refractivity contribution in [3.8, 4) is 0 Å². The topological polar surface area (TPSA) is 0 Å². The fourth-order valence-electron chi connectivity index (χ4n) is 1.60. The van der Waals surface area contributed by atoms with Crippen molar-refractivity contribution in [3.05, 3.63) is 12.2 Å². The lowest BCUT2D eigenvalue weighted by molar-refractivity contribution is 0.566. The molecule has 0 nitrogen and oxygen atoms in total. The molecule has 0 fully saturated rings. The summed E-state index contributed by atoms with van der Waals surface area (Å²) in [6.45, 7) is 11.0. The van der Waals surface area contributed by atoms with Crippen LogP contribution in [-0.4, -0.2) is 0 Å². The van der Waals surface area contributed by atoms with Crippen LogP contribution in [-0.2, 0) is 0 Å². The second kappa shape index (κ2) is 9.30. The van der Waals surface area contributed by atoms with Crippen molar-refractivity contribution in [1.29, 1.82) is 0 Å². The zero-order valence-electron chi connectivity index (χ0n) is 10.4. The molecule has 0 N–H and O–H groups in total. The summed E-state index contributed by atoms with van der Waals surface area (Å²) in [7, 11) is 0. The smallest absolute Gasteiger partial charge is 0.0321 e. The van der Waals surface area contributed by atoms with E-state index in [0.717, 1.165) is 5.92 Å². The molecule has 14 heavy (non-hydrogen) atoms. The van der Waals surface area contributed by atoms with E-state index in [1.807, 2.05) is 0 Å². The third-order valence-corrected chi connectivity index (χ3v) is 2.71. The molecule has 0 spiro atoms. The molecule has 0 saturated heterocycles. The van der Waals surface area contributed by atoms with Gasteiger partial charge in [-0.25, -0.2) is 0 Å². The first-order valence-corrected chi connectivity index (χ1v) is 6.33. The number of allylic oxidation sites excluding steroid dienone is 1. The fourth-order valence-corrected chi connectivity index (χ4v) is 1.60. The molecule has 0 heteroatoms. The molecule has 84 valence electrons. The van der Waals surface area contributed by atoms with Gasteiger partial charge in [-0.2, -0.15) is 0 Å². The standard InChI is InChI=1S/C14H28/c1-5-6-7-8-9-10-14(4)12-11-13(2)3/h13H,4-12H2,1-3H3. The van der Waals surface area contributed by atoms with E-state index in [2.05, 4.69) is 27.4 Å². The Morgan fingerprint density at radius 3 is 2.21 bits per heavy atom. The zero-order valence-corrected chi connectivity index (χ0v) is 10.4. The summed E-state index contributed by atoms with van der Waals surface area (Å²) in [5, 5.41) is 0. The van der Waals surface area contributed by atoms with Crippen molar-refractivity contribution in [2.45, 2.75) is 72.1 Å². The van der Waals surface area contributed by atoms with Crippen LogP contribution >= 0.6 is 0 Å². The Labute approximate surface area is 90.8 Å². The molecule has 0 aliphatic heterocycles. The second-order valence-electron chi connectivity index (χ2n) is 4.85. The largest absolute Gasteiger partial charge is 0.0999 e. The monoisotopic (exact) mass is 196 g/mol. The molecule has 0 heterocycles. The lowest BCUT2D eigenvalue weighted by atomic mass is 9.99. The minimum absolute atomic E-state index is 0.826. The highest BCUT2D eigenvalue weighted by Crippen LogP contribution is 2.16. The van der Waals surface area contributed by atoms with Crippen LogP contribution in [0.5, 0.6) is 0 Å². The lowest BCUT2D eigenvalue weighted by Gasteiger charge is -2.07. The number of hydrogen-bond acceptors (Lipinski definition) is 0. The second-order valence-corrected chi connectivity index (χ2v) is 4.85. The maximum absolute atomic E-state index is 4.14. The summed E-state index contributed by atoms with van der Waals surface area (Å²) in [6, 6.07) is 0. The van der Waals surface area contributed by atoms with Gasteiger partial charge in [0.05, 0.1) is 0 Å². The van der Waals surface area contributed by atoms with Gasteiger partial charge in [-0.3, -0.25) is 0 Å². The number of hydrogen-bond donors (Lipinski definition) is 0. The highest BCUT2D eigenvalue weighted by Gasteiger charge is 1.98. The average molecular weight is 196 g/mol. The van der Waals surface area contributed by atoms with Gasteiger partial charge in [-0.1, -0.05) is 58.6 Å². The minimum Gasteiger partial charge on any atom is -0.0999 e. The van der Waals surface area contributed by atoms with Crippen LogP contribution in [0.1, 0.15) is 72.1 Å². The summed E-state index contributed by atoms with van der Waals surface area (Å²) in [6.07, 6.45) is 10.7. The summed E-state index contributed by atoms with van der Waals surface area (Å²) < 4.78 is 0.